The number of carboxylic acid groups (broad SMARTS) is 1. The van der Waals surface area contributed by atoms with Crippen molar-refractivity contribution >= 4 is 11.9 Å². The number of carbonyl (C=O) groups is 2. The Morgan fingerprint density at radius 3 is 2.21 bits per heavy atom. The maximum atomic E-state index is 11.1. The molecule has 2 heterocycles. The Labute approximate surface area is 106 Å². The van der Waals surface area contributed by atoms with Gasteiger partial charge in [-0.2, -0.15) is 13.2 Å². The van der Waals surface area contributed by atoms with Crippen LogP contribution in [0.5, 0.6) is 0 Å². The molecule has 2 rings (SSSR count). The molecule has 2 saturated heterocycles. The number of rotatable bonds is 1. The lowest BCUT2D eigenvalue weighted by Gasteiger charge is -2.37. The second kappa shape index (κ2) is 5.74. The highest BCUT2D eigenvalue weighted by molar-refractivity contribution is 5.75. The van der Waals surface area contributed by atoms with Gasteiger partial charge in [-0.25, -0.2) is 9.59 Å². The highest BCUT2D eigenvalue weighted by Crippen LogP contribution is 2.36. The van der Waals surface area contributed by atoms with Crippen molar-refractivity contribution in [3.8, 4) is 0 Å². The standard InChI is InChI=1S/C8H13NO3.C2HF3O2/c1-11-7(10)6-2-8(5-12-6)3-9-4-8;3-2(4,5)1(6)7/h6,9H,2-5H2,1H3;(H,6,7). The SMILES string of the molecule is COC(=O)C1CC2(CNC2)CO1.O=C(O)C(F)(F)F. The molecule has 0 aliphatic carbocycles. The highest BCUT2D eigenvalue weighted by Gasteiger charge is 2.47. The predicted molar refractivity (Wildman–Crippen MR) is 55.4 cm³/mol. The Bertz CT molecular complexity index is 354. The fourth-order valence-electron chi connectivity index (χ4n) is 1.80. The van der Waals surface area contributed by atoms with Crippen molar-refractivity contribution in [1.29, 1.82) is 0 Å². The van der Waals surface area contributed by atoms with E-state index < -0.39 is 12.1 Å². The van der Waals surface area contributed by atoms with Crippen LogP contribution in [-0.2, 0) is 19.1 Å². The molecular formula is C10H14F3NO5. The number of alkyl halides is 3. The van der Waals surface area contributed by atoms with Crippen LogP contribution in [0.1, 0.15) is 6.42 Å². The lowest BCUT2D eigenvalue weighted by atomic mass is 9.80. The highest BCUT2D eigenvalue weighted by atomic mass is 19.4. The van der Waals surface area contributed by atoms with Crippen LogP contribution in [0.2, 0.25) is 0 Å². The summed E-state index contributed by atoms with van der Waals surface area (Å²) in [7, 11) is 1.40. The van der Waals surface area contributed by atoms with E-state index in [-0.39, 0.29) is 17.5 Å². The van der Waals surface area contributed by atoms with E-state index in [0.717, 1.165) is 19.5 Å². The predicted octanol–water partition coefficient (Wildman–Crippen LogP) is 0.171. The molecule has 1 unspecified atom stereocenters. The van der Waals surface area contributed by atoms with Gasteiger partial charge in [0.1, 0.15) is 0 Å². The van der Waals surface area contributed by atoms with E-state index in [2.05, 4.69) is 10.1 Å². The Morgan fingerprint density at radius 2 is 1.95 bits per heavy atom. The van der Waals surface area contributed by atoms with Crippen LogP contribution in [0, 0.1) is 5.41 Å². The molecule has 0 aromatic heterocycles. The molecular weight excluding hydrogens is 271 g/mol. The lowest BCUT2D eigenvalue weighted by Crippen LogP contribution is -2.54. The molecule has 2 N–H and O–H groups in total. The Kier molecular flexibility index (Phi) is 4.75. The first-order chi connectivity index (χ1) is 8.70. The smallest absolute Gasteiger partial charge is 0.475 e. The zero-order chi connectivity index (χ0) is 14.7. The minimum absolute atomic E-state index is 0.235. The van der Waals surface area contributed by atoms with Gasteiger partial charge in [0.2, 0.25) is 0 Å². The summed E-state index contributed by atoms with van der Waals surface area (Å²) in [5.41, 5.74) is 0.235. The van der Waals surface area contributed by atoms with Crippen LogP contribution in [0.3, 0.4) is 0 Å². The maximum absolute atomic E-state index is 11.1. The summed E-state index contributed by atoms with van der Waals surface area (Å²) in [6, 6.07) is 0. The van der Waals surface area contributed by atoms with Crippen LogP contribution in [0.25, 0.3) is 0 Å². The molecule has 1 spiro atoms. The van der Waals surface area contributed by atoms with E-state index in [9.17, 15) is 18.0 Å². The maximum Gasteiger partial charge on any atom is 0.490 e. The van der Waals surface area contributed by atoms with Gasteiger partial charge in [-0.1, -0.05) is 0 Å². The fraction of sp³-hybridized carbons (Fsp3) is 0.800. The summed E-state index contributed by atoms with van der Waals surface area (Å²) in [5.74, 6) is -2.99. The van der Waals surface area contributed by atoms with Crippen molar-refractivity contribution < 1.29 is 37.3 Å². The van der Waals surface area contributed by atoms with Crippen molar-refractivity contribution in [1.82, 2.24) is 5.32 Å². The quantitative estimate of drug-likeness (QED) is 0.668. The number of aliphatic carboxylic acids is 1. The van der Waals surface area contributed by atoms with E-state index in [4.69, 9.17) is 14.6 Å². The van der Waals surface area contributed by atoms with E-state index in [1.165, 1.54) is 7.11 Å². The normalized spacial score (nSPS) is 24.1. The molecule has 2 aliphatic heterocycles. The third-order valence-corrected chi connectivity index (χ3v) is 2.92. The van der Waals surface area contributed by atoms with Gasteiger partial charge in [0, 0.05) is 18.5 Å². The van der Waals surface area contributed by atoms with Crippen LogP contribution in [0.4, 0.5) is 13.2 Å². The van der Waals surface area contributed by atoms with Gasteiger partial charge in [-0.3, -0.25) is 0 Å². The number of carbonyl (C=O) groups excluding carboxylic acids is 1. The second-order valence-electron chi connectivity index (χ2n) is 4.43. The van der Waals surface area contributed by atoms with Crippen LogP contribution in [0.15, 0.2) is 0 Å². The largest absolute Gasteiger partial charge is 0.490 e. The van der Waals surface area contributed by atoms with E-state index in [1.54, 1.807) is 0 Å². The number of ether oxygens (including phenoxy) is 2. The van der Waals surface area contributed by atoms with E-state index in [0.29, 0.717) is 6.61 Å². The van der Waals surface area contributed by atoms with E-state index >= 15 is 0 Å². The summed E-state index contributed by atoms with van der Waals surface area (Å²) in [5, 5.41) is 10.3. The molecule has 9 heteroatoms. The number of carboxylic acids is 1. The van der Waals surface area contributed by atoms with E-state index in [1.807, 2.05) is 0 Å². The number of hydrogen-bond donors (Lipinski definition) is 2. The zero-order valence-electron chi connectivity index (χ0n) is 10.1. The Balaban J connectivity index is 0.000000224. The first kappa shape index (κ1) is 15.7. The average molecular weight is 285 g/mol. The van der Waals surface area contributed by atoms with Crippen LogP contribution in [-0.4, -0.2) is 56.1 Å². The van der Waals surface area contributed by atoms with Gasteiger partial charge in [-0.15, -0.1) is 0 Å². The van der Waals surface area contributed by atoms with Crippen molar-refractivity contribution in [2.24, 2.45) is 5.41 Å². The summed E-state index contributed by atoms with van der Waals surface area (Å²) in [6.45, 7) is 2.64. The summed E-state index contributed by atoms with van der Waals surface area (Å²) in [6.07, 6.45) is -4.59. The lowest BCUT2D eigenvalue weighted by molar-refractivity contribution is -0.192. The number of nitrogens with one attached hydrogen (secondary N) is 1. The number of esters is 1. The molecule has 6 nitrogen and oxygen atoms in total. The fourth-order valence-corrected chi connectivity index (χ4v) is 1.80. The first-order valence-electron chi connectivity index (χ1n) is 5.40. The van der Waals surface area contributed by atoms with Gasteiger partial charge >= 0.3 is 18.1 Å². The minimum atomic E-state index is -5.08. The molecule has 110 valence electrons. The summed E-state index contributed by atoms with van der Waals surface area (Å²) in [4.78, 5) is 20.0. The van der Waals surface area contributed by atoms with Gasteiger partial charge in [-0.05, 0) is 6.42 Å². The molecule has 0 bridgehead atoms. The summed E-state index contributed by atoms with van der Waals surface area (Å²) < 4.78 is 41.7. The molecule has 0 amide bonds. The van der Waals surface area contributed by atoms with Gasteiger partial charge < -0.3 is 19.9 Å². The van der Waals surface area contributed by atoms with Crippen molar-refractivity contribution in [2.75, 3.05) is 26.8 Å². The van der Waals surface area contributed by atoms with Crippen molar-refractivity contribution in [2.45, 2.75) is 18.7 Å². The molecule has 0 radical (unpaired) electrons. The van der Waals surface area contributed by atoms with Gasteiger partial charge in [0.15, 0.2) is 6.10 Å². The molecule has 0 saturated carbocycles. The Hall–Kier alpha value is -1.35. The third-order valence-electron chi connectivity index (χ3n) is 2.92. The number of hydrogen-bond acceptors (Lipinski definition) is 5. The van der Waals surface area contributed by atoms with Crippen LogP contribution >= 0.6 is 0 Å². The van der Waals surface area contributed by atoms with Gasteiger partial charge in [0.05, 0.1) is 13.7 Å². The average Bonchev–Trinajstić information content (AvgIpc) is 2.72. The second-order valence-corrected chi connectivity index (χ2v) is 4.43. The Morgan fingerprint density at radius 1 is 1.42 bits per heavy atom. The molecule has 0 aromatic rings. The molecule has 19 heavy (non-hydrogen) atoms. The molecule has 2 fully saturated rings. The van der Waals surface area contributed by atoms with Gasteiger partial charge in [0.25, 0.3) is 0 Å². The summed E-state index contributed by atoms with van der Waals surface area (Å²) >= 11 is 0. The molecule has 0 aromatic carbocycles. The number of methoxy groups -OCH3 is 1. The van der Waals surface area contributed by atoms with Crippen molar-refractivity contribution in [3.05, 3.63) is 0 Å². The third kappa shape index (κ3) is 4.06. The monoisotopic (exact) mass is 285 g/mol. The molecule has 1 atom stereocenters. The number of halogens is 3. The van der Waals surface area contributed by atoms with Crippen molar-refractivity contribution in [3.63, 3.8) is 0 Å². The minimum Gasteiger partial charge on any atom is -0.475 e. The topological polar surface area (TPSA) is 84.9 Å². The molecule has 2 aliphatic rings. The van der Waals surface area contributed by atoms with Crippen LogP contribution < -0.4 is 5.32 Å². The zero-order valence-corrected chi connectivity index (χ0v) is 10.1. The first-order valence-corrected chi connectivity index (χ1v) is 5.40.